The highest BCUT2D eigenvalue weighted by molar-refractivity contribution is 7.07. The van der Waals surface area contributed by atoms with Crippen molar-refractivity contribution in [2.24, 2.45) is 0 Å². The van der Waals surface area contributed by atoms with Gasteiger partial charge < -0.3 is 10.1 Å². The van der Waals surface area contributed by atoms with Crippen molar-refractivity contribution < 1.29 is 4.74 Å². The van der Waals surface area contributed by atoms with Crippen LogP contribution in [0.3, 0.4) is 0 Å². The van der Waals surface area contributed by atoms with Gasteiger partial charge in [-0.05, 0) is 32.7 Å². The van der Waals surface area contributed by atoms with E-state index in [-0.39, 0.29) is 0 Å². The molecule has 1 fully saturated rings. The Morgan fingerprint density at radius 3 is 3.27 bits per heavy atom. The molecule has 2 unspecified atom stereocenters. The molecule has 2 atom stereocenters. The van der Waals surface area contributed by atoms with Gasteiger partial charge in [0.05, 0.1) is 23.4 Å². The lowest BCUT2D eigenvalue weighted by Gasteiger charge is -2.16. The van der Waals surface area contributed by atoms with E-state index in [0.717, 1.165) is 19.4 Å². The molecule has 15 heavy (non-hydrogen) atoms. The first-order chi connectivity index (χ1) is 7.40. The predicted octanol–water partition coefficient (Wildman–Crippen LogP) is 2.36. The first-order valence-corrected chi connectivity index (χ1v) is 6.51. The van der Waals surface area contributed by atoms with Crippen molar-refractivity contribution in [3.63, 3.8) is 0 Å². The molecule has 0 amide bonds. The smallest absolute Gasteiger partial charge is 0.0795 e. The summed E-state index contributed by atoms with van der Waals surface area (Å²) in [4.78, 5) is 4.35. The van der Waals surface area contributed by atoms with Crippen molar-refractivity contribution in [2.75, 3.05) is 13.7 Å². The molecule has 0 bridgehead atoms. The van der Waals surface area contributed by atoms with Gasteiger partial charge in [-0.1, -0.05) is 0 Å². The predicted molar refractivity (Wildman–Crippen MR) is 62.1 cm³/mol. The number of nitrogens with zero attached hydrogens (tertiary/aromatic N) is 1. The van der Waals surface area contributed by atoms with Gasteiger partial charge in [0.25, 0.3) is 0 Å². The normalized spacial score (nSPS) is 23.1. The second-order valence-corrected chi connectivity index (χ2v) is 4.69. The Labute approximate surface area is 94.9 Å². The number of ether oxygens (including phenoxy) is 1. The number of hydrogen-bond donors (Lipinski definition) is 1. The Morgan fingerprint density at radius 1 is 1.73 bits per heavy atom. The summed E-state index contributed by atoms with van der Waals surface area (Å²) in [7, 11) is 2.00. The fraction of sp³-hybridized carbons (Fsp3) is 0.727. The lowest BCUT2D eigenvalue weighted by Crippen LogP contribution is -2.19. The Bertz CT molecular complexity index is 270. The molecule has 0 spiro atoms. The van der Waals surface area contributed by atoms with E-state index in [0.29, 0.717) is 12.1 Å². The van der Waals surface area contributed by atoms with Gasteiger partial charge >= 0.3 is 0 Å². The number of nitrogens with one attached hydrogen (secondary N) is 1. The number of thiazole rings is 1. The van der Waals surface area contributed by atoms with Crippen LogP contribution in [0.2, 0.25) is 0 Å². The van der Waals surface area contributed by atoms with Crippen LogP contribution in [0, 0.1) is 0 Å². The van der Waals surface area contributed by atoms with E-state index in [1.165, 1.54) is 18.5 Å². The summed E-state index contributed by atoms with van der Waals surface area (Å²) in [6.07, 6.45) is 5.20. The molecular weight excluding hydrogens is 208 g/mol. The van der Waals surface area contributed by atoms with Crippen molar-refractivity contribution in [3.8, 4) is 0 Å². The maximum Gasteiger partial charge on any atom is 0.0795 e. The monoisotopic (exact) mass is 226 g/mol. The fourth-order valence-electron chi connectivity index (χ4n) is 2.06. The second kappa shape index (κ2) is 5.58. The van der Waals surface area contributed by atoms with E-state index in [4.69, 9.17) is 4.74 Å². The van der Waals surface area contributed by atoms with Crippen LogP contribution in [-0.2, 0) is 4.74 Å². The number of hydrogen-bond acceptors (Lipinski definition) is 4. The summed E-state index contributed by atoms with van der Waals surface area (Å²) in [5.41, 5.74) is 3.06. The molecule has 1 aromatic rings. The molecule has 0 aliphatic carbocycles. The average molecular weight is 226 g/mol. The van der Waals surface area contributed by atoms with Crippen LogP contribution in [0.15, 0.2) is 10.9 Å². The molecule has 2 rings (SSSR count). The van der Waals surface area contributed by atoms with Crippen LogP contribution in [0.4, 0.5) is 0 Å². The average Bonchev–Trinajstić information content (AvgIpc) is 2.90. The largest absolute Gasteiger partial charge is 0.378 e. The molecule has 1 N–H and O–H groups in total. The van der Waals surface area contributed by atoms with Crippen LogP contribution >= 0.6 is 11.3 Å². The molecular formula is C11H18N2OS. The minimum absolute atomic E-state index is 0.389. The zero-order valence-electron chi connectivity index (χ0n) is 9.11. The van der Waals surface area contributed by atoms with Gasteiger partial charge in [0.15, 0.2) is 0 Å². The van der Waals surface area contributed by atoms with Gasteiger partial charge in [0.2, 0.25) is 0 Å². The van der Waals surface area contributed by atoms with Crippen molar-refractivity contribution >= 4 is 11.3 Å². The minimum atomic E-state index is 0.389. The second-order valence-electron chi connectivity index (χ2n) is 3.97. The summed E-state index contributed by atoms with van der Waals surface area (Å²) in [6, 6.07) is 0.389. The third-order valence-corrected chi connectivity index (χ3v) is 3.56. The van der Waals surface area contributed by atoms with Gasteiger partial charge in [-0.3, -0.25) is 0 Å². The van der Waals surface area contributed by atoms with Crippen LogP contribution < -0.4 is 5.32 Å². The van der Waals surface area contributed by atoms with Crippen molar-refractivity contribution in [3.05, 3.63) is 16.6 Å². The zero-order valence-corrected chi connectivity index (χ0v) is 9.93. The lowest BCUT2D eigenvalue weighted by molar-refractivity contribution is 0.0997. The third-order valence-electron chi connectivity index (χ3n) is 2.96. The number of aromatic nitrogens is 1. The van der Waals surface area contributed by atoms with Gasteiger partial charge in [0, 0.05) is 12.0 Å². The van der Waals surface area contributed by atoms with E-state index < -0.39 is 0 Å². The molecule has 3 nitrogen and oxygen atoms in total. The summed E-state index contributed by atoms with van der Waals surface area (Å²) in [5, 5.41) is 5.44. The minimum Gasteiger partial charge on any atom is -0.378 e. The van der Waals surface area contributed by atoms with Crippen LogP contribution in [0.25, 0.3) is 0 Å². The molecule has 1 aliphatic rings. The van der Waals surface area contributed by atoms with Crippen LogP contribution in [0.1, 0.15) is 37.4 Å². The maximum absolute atomic E-state index is 5.62. The molecule has 2 heterocycles. The maximum atomic E-state index is 5.62. The first kappa shape index (κ1) is 11.0. The van der Waals surface area contributed by atoms with Crippen LogP contribution in [0.5, 0.6) is 0 Å². The van der Waals surface area contributed by atoms with Crippen LogP contribution in [-0.4, -0.2) is 24.7 Å². The fourth-order valence-corrected chi connectivity index (χ4v) is 2.67. The van der Waals surface area contributed by atoms with Gasteiger partial charge in [-0.15, -0.1) is 11.3 Å². The van der Waals surface area contributed by atoms with Crippen molar-refractivity contribution in [1.29, 1.82) is 0 Å². The summed E-state index contributed by atoms with van der Waals surface area (Å²) in [6.45, 7) is 0.950. The van der Waals surface area contributed by atoms with Gasteiger partial charge in [-0.25, -0.2) is 4.98 Å². The number of rotatable bonds is 5. The lowest BCUT2D eigenvalue weighted by atomic mass is 10.0. The zero-order chi connectivity index (χ0) is 10.5. The molecule has 1 aromatic heterocycles. The third kappa shape index (κ3) is 3.00. The molecule has 4 heteroatoms. The first-order valence-electron chi connectivity index (χ1n) is 5.57. The molecule has 1 aliphatic heterocycles. The Morgan fingerprint density at radius 2 is 2.67 bits per heavy atom. The summed E-state index contributed by atoms with van der Waals surface area (Å²) >= 11 is 1.66. The Balaban J connectivity index is 1.80. The van der Waals surface area contributed by atoms with E-state index in [1.54, 1.807) is 11.3 Å². The van der Waals surface area contributed by atoms with Gasteiger partial charge in [0.1, 0.15) is 0 Å². The molecule has 84 valence electrons. The summed E-state index contributed by atoms with van der Waals surface area (Å²) < 4.78 is 5.62. The Kier molecular flexibility index (Phi) is 4.11. The Hall–Kier alpha value is -0.450. The van der Waals surface area contributed by atoms with Crippen molar-refractivity contribution in [2.45, 2.75) is 37.8 Å². The highest BCUT2D eigenvalue weighted by Gasteiger charge is 2.18. The van der Waals surface area contributed by atoms with Gasteiger partial charge in [-0.2, -0.15) is 0 Å². The van der Waals surface area contributed by atoms with Crippen molar-refractivity contribution in [1.82, 2.24) is 10.3 Å². The molecule has 0 radical (unpaired) electrons. The van der Waals surface area contributed by atoms with E-state index >= 15 is 0 Å². The molecule has 0 saturated carbocycles. The SMILES string of the molecule is CNC(CCC1CCCO1)c1cscn1. The van der Waals surface area contributed by atoms with E-state index in [9.17, 15) is 0 Å². The molecule has 0 aromatic carbocycles. The van der Waals surface area contributed by atoms with E-state index in [1.807, 2.05) is 12.6 Å². The highest BCUT2D eigenvalue weighted by Crippen LogP contribution is 2.23. The van der Waals surface area contributed by atoms with E-state index in [2.05, 4.69) is 15.7 Å². The topological polar surface area (TPSA) is 34.1 Å². The standard InChI is InChI=1S/C11H18N2OS/c1-12-10(11-7-15-8-13-11)5-4-9-3-2-6-14-9/h7-10,12H,2-6H2,1H3. The molecule has 1 saturated heterocycles. The highest BCUT2D eigenvalue weighted by atomic mass is 32.1. The quantitative estimate of drug-likeness (QED) is 0.837. The summed E-state index contributed by atoms with van der Waals surface area (Å²) in [5.74, 6) is 0.